The van der Waals surface area contributed by atoms with Crippen LogP contribution in [0.15, 0.2) is 0 Å². The lowest BCUT2D eigenvalue weighted by atomic mass is 10.1. The topological polar surface area (TPSA) is 72.5 Å². The number of nitrogens with one attached hydrogen (secondary N) is 1. The van der Waals surface area contributed by atoms with Crippen molar-refractivity contribution in [3.63, 3.8) is 0 Å². The molecule has 0 saturated carbocycles. The zero-order valence-electron chi connectivity index (χ0n) is 14.8. The van der Waals surface area contributed by atoms with E-state index in [4.69, 9.17) is 4.74 Å². The van der Waals surface area contributed by atoms with Crippen LogP contribution in [0.1, 0.15) is 52.9 Å². The SMILES string of the molecule is CC[Si](CC)(CC)CCCCC(=O)CC(=O)NC1CCOC1=O. The van der Waals surface area contributed by atoms with Crippen LogP contribution < -0.4 is 5.32 Å². The van der Waals surface area contributed by atoms with Gasteiger partial charge in [-0.3, -0.25) is 9.59 Å². The van der Waals surface area contributed by atoms with E-state index in [1.165, 1.54) is 24.2 Å². The lowest BCUT2D eigenvalue weighted by Gasteiger charge is -2.27. The normalized spacial score (nSPS) is 17.9. The molecular formula is C17H31NO4Si. The van der Waals surface area contributed by atoms with Gasteiger partial charge < -0.3 is 10.1 Å². The number of carbonyl (C=O) groups excluding carboxylic acids is 3. The summed E-state index contributed by atoms with van der Waals surface area (Å²) in [7, 11) is -1.10. The Kier molecular flexibility index (Phi) is 8.51. The molecule has 1 heterocycles. The summed E-state index contributed by atoms with van der Waals surface area (Å²) in [6.45, 7) is 7.23. The van der Waals surface area contributed by atoms with E-state index in [1.54, 1.807) is 0 Å². The van der Waals surface area contributed by atoms with Gasteiger partial charge in [0.1, 0.15) is 11.8 Å². The van der Waals surface area contributed by atoms with Gasteiger partial charge in [0.25, 0.3) is 0 Å². The highest BCUT2D eigenvalue weighted by Gasteiger charge is 2.28. The van der Waals surface area contributed by atoms with E-state index < -0.39 is 20.1 Å². The van der Waals surface area contributed by atoms with Crippen LogP contribution in [0.25, 0.3) is 0 Å². The van der Waals surface area contributed by atoms with Crippen LogP contribution in [0.5, 0.6) is 0 Å². The molecule has 1 aliphatic heterocycles. The smallest absolute Gasteiger partial charge is 0.328 e. The fourth-order valence-corrected chi connectivity index (χ4v) is 6.80. The largest absolute Gasteiger partial charge is 0.464 e. The standard InChI is InChI=1S/C17H31NO4Si/c1-4-23(5-2,6-3)12-8-7-9-14(19)13-16(20)18-15-10-11-22-17(15)21/h15H,4-13H2,1-3H3,(H,18,20). The number of amides is 1. The van der Waals surface area contributed by atoms with E-state index >= 15 is 0 Å². The molecule has 0 aromatic heterocycles. The molecule has 1 saturated heterocycles. The van der Waals surface area contributed by atoms with Crippen LogP contribution >= 0.6 is 0 Å². The Bertz CT molecular complexity index is 413. The van der Waals surface area contributed by atoms with Gasteiger partial charge in [0.15, 0.2) is 0 Å². The van der Waals surface area contributed by atoms with Gasteiger partial charge in [0.2, 0.25) is 5.91 Å². The number of carbonyl (C=O) groups is 3. The first-order valence-electron chi connectivity index (χ1n) is 8.94. The van der Waals surface area contributed by atoms with Crippen LogP contribution in [0.3, 0.4) is 0 Å². The third-order valence-corrected chi connectivity index (χ3v) is 11.2. The van der Waals surface area contributed by atoms with Crippen molar-refractivity contribution in [2.24, 2.45) is 0 Å². The maximum atomic E-state index is 11.9. The van der Waals surface area contributed by atoms with E-state index in [9.17, 15) is 14.4 Å². The second-order valence-electron chi connectivity index (χ2n) is 6.56. The molecule has 0 aromatic carbocycles. The molecular weight excluding hydrogens is 310 g/mol. The number of hydrogen-bond acceptors (Lipinski definition) is 4. The molecule has 1 fully saturated rings. The van der Waals surface area contributed by atoms with Gasteiger partial charge in [0.05, 0.1) is 21.1 Å². The van der Waals surface area contributed by atoms with Crippen molar-refractivity contribution < 1.29 is 19.1 Å². The highest BCUT2D eigenvalue weighted by Crippen LogP contribution is 2.27. The molecule has 1 aliphatic rings. The first kappa shape index (κ1) is 19.9. The van der Waals surface area contributed by atoms with E-state index in [2.05, 4.69) is 26.1 Å². The Hall–Kier alpha value is -1.17. The van der Waals surface area contributed by atoms with Crippen LogP contribution in [-0.2, 0) is 19.1 Å². The average molecular weight is 342 g/mol. The predicted octanol–water partition coefficient (Wildman–Crippen LogP) is 3.06. The number of ether oxygens (including phenoxy) is 1. The van der Waals surface area contributed by atoms with E-state index in [-0.39, 0.29) is 18.1 Å². The molecule has 1 N–H and O–H groups in total. The zero-order valence-corrected chi connectivity index (χ0v) is 15.8. The Morgan fingerprint density at radius 3 is 2.35 bits per heavy atom. The number of esters is 1. The minimum absolute atomic E-state index is 0.0365. The van der Waals surface area contributed by atoms with Gasteiger partial charge >= 0.3 is 5.97 Å². The third-order valence-electron chi connectivity index (χ3n) is 5.29. The summed E-state index contributed by atoms with van der Waals surface area (Å²) in [6.07, 6.45) is 2.79. The molecule has 5 nitrogen and oxygen atoms in total. The molecule has 23 heavy (non-hydrogen) atoms. The van der Waals surface area contributed by atoms with Crippen molar-refractivity contribution in [3.8, 4) is 0 Å². The van der Waals surface area contributed by atoms with Crippen LogP contribution in [0.4, 0.5) is 0 Å². The van der Waals surface area contributed by atoms with E-state index in [0.717, 1.165) is 12.8 Å². The molecule has 0 radical (unpaired) electrons. The van der Waals surface area contributed by atoms with Gasteiger partial charge in [-0.2, -0.15) is 0 Å². The third kappa shape index (κ3) is 6.45. The Morgan fingerprint density at radius 2 is 1.83 bits per heavy atom. The number of Topliss-reactive ketones (excluding diaryl/α,β-unsaturated/α-hetero) is 1. The lowest BCUT2D eigenvalue weighted by Crippen LogP contribution is -2.38. The molecule has 1 rings (SSSR count). The summed E-state index contributed by atoms with van der Waals surface area (Å²) in [6, 6.07) is 4.65. The number of unbranched alkanes of at least 4 members (excludes halogenated alkanes) is 1. The maximum Gasteiger partial charge on any atom is 0.328 e. The molecule has 0 spiro atoms. The fraction of sp³-hybridized carbons (Fsp3) is 0.824. The van der Waals surface area contributed by atoms with Crippen molar-refractivity contribution >= 4 is 25.7 Å². The number of ketones is 1. The van der Waals surface area contributed by atoms with Gasteiger partial charge in [-0.1, -0.05) is 51.4 Å². The summed E-state index contributed by atoms with van der Waals surface area (Å²) in [5.74, 6) is -0.797. The van der Waals surface area contributed by atoms with Crippen molar-refractivity contribution in [2.45, 2.75) is 83.1 Å². The molecule has 132 valence electrons. The minimum Gasteiger partial charge on any atom is -0.464 e. The van der Waals surface area contributed by atoms with Gasteiger partial charge in [-0.25, -0.2) is 4.79 Å². The van der Waals surface area contributed by atoms with E-state index in [1.807, 2.05) is 0 Å². The molecule has 1 unspecified atom stereocenters. The van der Waals surface area contributed by atoms with Crippen molar-refractivity contribution in [2.75, 3.05) is 6.61 Å². The van der Waals surface area contributed by atoms with E-state index in [0.29, 0.717) is 19.4 Å². The molecule has 0 aromatic rings. The van der Waals surface area contributed by atoms with Crippen LogP contribution in [0, 0.1) is 0 Å². The first-order valence-corrected chi connectivity index (χ1v) is 11.8. The van der Waals surface area contributed by atoms with Crippen molar-refractivity contribution in [3.05, 3.63) is 0 Å². The lowest BCUT2D eigenvalue weighted by molar-refractivity contribution is -0.142. The highest BCUT2D eigenvalue weighted by atomic mass is 28.3. The molecule has 1 amide bonds. The maximum absolute atomic E-state index is 11.9. The number of hydrogen-bond donors (Lipinski definition) is 1. The molecule has 6 heteroatoms. The Balaban J connectivity index is 2.21. The number of rotatable bonds is 11. The minimum atomic E-state index is -1.10. The second-order valence-corrected chi connectivity index (χ2v) is 12.2. The Labute approximate surface area is 140 Å². The van der Waals surface area contributed by atoms with Gasteiger partial charge in [-0.05, 0) is 6.42 Å². The summed E-state index contributed by atoms with van der Waals surface area (Å²) >= 11 is 0. The Morgan fingerprint density at radius 1 is 1.17 bits per heavy atom. The molecule has 1 atom stereocenters. The van der Waals surface area contributed by atoms with Crippen molar-refractivity contribution in [1.29, 1.82) is 0 Å². The summed E-state index contributed by atoms with van der Waals surface area (Å²) < 4.78 is 4.78. The molecule has 0 bridgehead atoms. The number of cyclic esters (lactones) is 1. The first-order chi connectivity index (χ1) is 11.0. The van der Waals surface area contributed by atoms with Gasteiger partial charge in [-0.15, -0.1) is 0 Å². The molecule has 0 aliphatic carbocycles. The van der Waals surface area contributed by atoms with Gasteiger partial charge in [0, 0.05) is 12.8 Å². The second kappa shape index (κ2) is 9.85. The average Bonchev–Trinajstić information content (AvgIpc) is 2.93. The fourth-order valence-electron chi connectivity index (χ4n) is 3.24. The van der Waals surface area contributed by atoms with Crippen LogP contribution in [-0.4, -0.2) is 38.4 Å². The van der Waals surface area contributed by atoms with Crippen LogP contribution in [0.2, 0.25) is 24.2 Å². The van der Waals surface area contributed by atoms with Crippen molar-refractivity contribution in [1.82, 2.24) is 5.32 Å². The highest BCUT2D eigenvalue weighted by molar-refractivity contribution is 6.79. The zero-order chi connectivity index (χ0) is 17.3. The summed E-state index contributed by atoms with van der Waals surface area (Å²) in [4.78, 5) is 34.9. The predicted molar refractivity (Wildman–Crippen MR) is 93.0 cm³/mol. The monoisotopic (exact) mass is 341 g/mol. The summed E-state index contributed by atoms with van der Waals surface area (Å²) in [5.41, 5.74) is 0. The quantitative estimate of drug-likeness (QED) is 0.271. The summed E-state index contributed by atoms with van der Waals surface area (Å²) in [5, 5.41) is 2.57.